The quantitative estimate of drug-likeness (QED) is 0.704. The third kappa shape index (κ3) is 5.04. The Kier molecular flexibility index (Phi) is 6.26. The summed E-state index contributed by atoms with van der Waals surface area (Å²) >= 11 is 0. The number of piperidine rings is 1. The van der Waals surface area contributed by atoms with Crippen molar-refractivity contribution in [2.24, 2.45) is 5.92 Å². The fourth-order valence-electron chi connectivity index (χ4n) is 2.94. The minimum absolute atomic E-state index is 0.00224. The smallest absolute Gasteiger partial charge is 0.308 e. The van der Waals surface area contributed by atoms with Gasteiger partial charge in [0, 0.05) is 26.2 Å². The van der Waals surface area contributed by atoms with Gasteiger partial charge in [-0.1, -0.05) is 6.92 Å². The lowest BCUT2D eigenvalue weighted by molar-refractivity contribution is -0.145. The first-order valence-corrected chi connectivity index (χ1v) is 7.80. The predicted octanol–water partition coefficient (Wildman–Crippen LogP) is 0.982. The predicted molar refractivity (Wildman–Crippen MR) is 77.7 cm³/mol. The Morgan fingerprint density at radius 1 is 1.20 bits per heavy atom. The monoisotopic (exact) mass is 284 g/mol. The third-order valence-electron chi connectivity index (χ3n) is 4.45. The highest BCUT2D eigenvalue weighted by Crippen LogP contribution is 2.16. The lowest BCUT2D eigenvalue weighted by atomic mass is 9.99. The van der Waals surface area contributed by atoms with Gasteiger partial charge in [0.05, 0.1) is 26.2 Å². The van der Waals surface area contributed by atoms with E-state index in [4.69, 9.17) is 9.47 Å². The molecule has 1 atom stereocenters. The molecular weight excluding hydrogens is 256 g/mol. The van der Waals surface area contributed by atoms with Gasteiger partial charge in [-0.2, -0.15) is 0 Å². The number of hydrogen-bond acceptors (Lipinski definition) is 5. The molecule has 2 fully saturated rings. The van der Waals surface area contributed by atoms with E-state index in [9.17, 15) is 4.79 Å². The van der Waals surface area contributed by atoms with Gasteiger partial charge in [0.1, 0.15) is 0 Å². The lowest BCUT2D eigenvalue weighted by Gasteiger charge is -2.35. The largest absolute Gasteiger partial charge is 0.469 e. The van der Waals surface area contributed by atoms with Crippen molar-refractivity contribution in [2.45, 2.75) is 32.3 Å². The van der Waals surface area contributed by atoms with Crippen molar-refractivity contribution in [2.75, 3.05) is 53.0 Å². The van der Waals surface area contributed by atoms with E-state index in [1.54, 1.807) is 0 Å². The van der Waals surface area contributed by atoms with Crippen LogP contribution >= 0.6 is 0 Å². The van der Waals surface area contributed by atoms with Crippen LogP contribution < -0.4 is 0 Å². The first-order valence-electron chi connectivity index (χ1n) is 7.80. The standard InChI is InChI=1S/C15H28N2O3/c1-13-3-5-16(6-4-13)7-8-17-9-10-20-14(12-17)11-15(18)19-2/h13-14H,3-12H2,1-2H3/t14-/m1/s1. The van der Waals surface area contributed by atoms with Gasteiger partial charge in [0.25, 0.3) is 0 Å². The summed E-state index contributed by atoms with van der Waals surface area (Å²) in [6.07, 6.45) is 3.02. The summed E-state index contributed by atoms with van der Waals surface area (Å²) in [5.74, 6) is 0.709. The molecule has 5 nitrogen and oxygen atoms in total. The number of morpholine rings is 1. The molecule has 5 heteroatoms. The number of rotatable bonds is 5. The average Bonchev–Trinajstić information content (AvgIpc) is 2.47. The van der Waals surface area contributed by atoms with Crippen LogP contribution in [0.3, 0.4) is 0 Å². The average molecular weight is 284 g/mol. The molecule has 0 aromatic carbocycles. The van der Waals surface area contributed by atoms with Gasteiger partial charge in [-0.3, -0.25) is 9.69 Å². The van der Waals surface area contributed by atoms with Gasteiger partial charge >= 0.3 is 5.97 Å². The minimum Gasteiger partial charge on any atom is -0.469 e. The fourth-order valence-corrected chi connectivity index (χ4v) is 2.94. The molecular formula is C15H28N2O3. The maximum absolute atomic E-state index is 11.3. The Bertz CT molecular complexity index is 303. The van der Waals surface area contributed by atoms with Crippen molar-refractivity contribution >= 4 is 5.97 Å². The summed E-state index contributed by atoms with van der Waals surface area (Å²) in [4.78, 5) is 16.3. The van der Waals surface area contributed by atoms with Crippen molar-refractivity contribution in [3.8, 4) is 0 Å². The highest BCUT2D eigenvalue weighted by atomic mass is 16.5. The van der Waals surface area contributed by atoms with Crippen molar-refractivity contribution in [1.29, 1.82) is 0 Å². The van der Waals surface area contributed by atoms with E-state index in [0.29, 0.717) is 6.42 Å². The molecule has 0 radical (unpaired) electrons. The van der Waals surface area contributed by atoms with Gasteiger partial charge < -0.3 is 14.4 Å². The number of ether oxygens (including phenoxy) is 2. The Morgan fingerprint density at radius 3 is 2.60 bits per heavy atom. The summed E-state index contributed by atoms with van der Waals surface area (Å²) in [6.45, 7) is 9.57. The second-order valence-corrected chi connectivity index (χ2v) is 6.10. The Morgan fingerprint density at radius 2 is 1.90 bits per heavy atom. The summed E-state index contributed by atoms with van der Waals surface area (Å²) < 4.78 is 10.3. The molecule has 2 aliphatic rings. The number of carbonyl (C=O) groups excluding carboxylic acids is 1. The van der Waals surface area contributed by atoms with Crippen LogP contribution in [-0.4, -0.2) is 74.9 Å². The normalized spacial score (nSPS) is 26.6. The van der Waals surface area contributed by atoms with E-state index in [0.717, 1.165) is 38.7 Å². The maximum Gasteiger partial charge on any atom is 0.308 e. The third-order valence-corrected chi connectivity index (χ3v) is 4.45. The van der Waals surface area contributed by atoms with Gasteiger partial charge in [-0.25, -0.2) is 0 Å². The molecule has 0 unspecified atom stereocenters. The first kappa shape index (κ1) is 15.7. The molecule has 0 N–H and O–H groups in total. The van der Waals surface area contributed by atoms with Gasteiger partial charge in [-0.05, 0) is 31.8 Å². The highest BCUT2D eigenvalue weighted by molar-refractivity contribution is 5.69. The zero-order valence-corrected chi connectivity index (χ0v) is 12.8. The summed E-state index contributed by atoms with van der Waals surface area (Å²) in [7, 11) is 1.43. The Hall–Kier alpha value is -0.650. The molecule has 0 saturated carbocycles. The number of nitrogens with zero attached hydrogens (tertiary/aromatic N) is 2. The Labute approximate surface area is 122 Å². The van der Waals surface area contributed by atoms with Crippen molar-refractivity contribution in [3.63, 3.8) is 0 Å². The number of methoxy groups -OCH3 is 1. The lowest BCUT2D eigenvalue weighted by Crippen LogP contribution is -2.47. The minimum atomic E-state index is -0.179. The van der Waals surface area contributed by atoms with Crippen LogP contribution in [0.25, 0.3) is 0 Å². The molecule has 0 bridgehead atoms. The second kappa shape index (κ2) is 7.96. The molecule has 2 saturated heterocycles. The molecule has 2 rings (SSSR count). The van der Waals surface area contributed by atoms with Crippen molar-refractivity contribution in [1.82, 2.24) is 9.80 Å². The number of likely N-dealkylation sites (tertiary alicyclic amines) is 1. The SMILES string of the molecule is COC(=O)C[C@@H]1CN(CCN2CCC(C)CC2)CCO1. The van der Waals surface area contributed by atoms with E-state index in [-0.39, 0.29) is 12.1 Å². The Balaban J connectivity index is 1.66. The molecule has 0 aromatic heterocycles. The number of hydrogen-bond donors (Lipinski definition) is 0. The summed E-state index contributed by atoms with van der Waals surface area (Å²) in [5.41, 5.74) is 0. The van der Waals surface area contributed by atoms with Gasteiger partial charge in [-0.15, -0.1) is 0 Å². The van der Waals surface area contributed by atoms with Crippen LogP contribution in [0.2, 0.25) is 0 Å². The molecule has 2 heterocycles. The number of esters is 1. The fraction of sp³-hybridized carbons (Fsp3) is 0.933. The second-order valence-electron chi connectivity index (χ2n) is 6.10. The molecule has 116 valence electrons. The highest BCUT2D eigenvalue weighted by Gasteiger charge is 2.24. The topological polar surface area (TPSA) is 42.0 Å². The van der Waals surface area contributed by atoms with Crippen LogP contribution in [0.4, 0.5) is 0 Å². The summed E-state index contributed by atoms with van der Waals surface area (Å²) in [5, 5.41) is 0. The van der Waals surface area contributed by atoms with Crippen molar-refractivity contribution < 1.29 is 14.3 Å². The maximum atomic E-state index is 11.3. The molecule has 2 aliphatic heterocycles. The zero-order chi connectivity index (χ0) is 14.4. The first-order chi connectivity index (χ1) is 9.67. The van der Waals surface area contributed by atoms with Crippen molar-refractivity contribution in [3.05, 3.63) is 0 Å². The number of carbonyl (C=O) groups is 1. The van der Waals surface area contributed by atoms with E-state index in [1.807, 2.05) is 0 Å². The van der Waals surface area contributed by atoms with E-state index in [2.05, 4.69) is 16.7 Å². The van der Waals surface area contributed by atoms with Crippen LogP contribution in [0, 0.1) is 5.92 Å². The van der Waals surface area contributed by atoms with Crippen LogP contribution in [0.5, 0.6) is 0 Å². The molecule has 20 heavy (non-hydrogen) atoms. The van der Waals surface area contributed by atoms with E-state index in [1.165, 1.54) is 33.0 Å². The molecule has 0 aliphatic carbocycles. The zero-order valence-electron chi connectivity index (χ0n) is 12.8. The van der Waals surface area contributed by atoms with Gasteiger partial charge in [0.15, 0.2) is 0 Å². The molecule has 0 amide bonds. The van der Waals surface area contributed by atoms with Crippen LogP contribution in [-0.2, 0) is 14.3 Å². The van der Waals surface area contributed by atoms with Crippen LogP contribution in [0.1, 0.15) is 26.2 Å². The van der Waals surface area contributed by atoms with Gasteiger partial charge in [0.2, 0.25) is 0 Å². The molecule has 0 aromatic rings. The molecule has 0 spiro atoms. The summed E-state index contributed by atoms with van der Waals surface area (Å²) in [6, 6.07) is 0. The van der Waals surface area contributed by atoms with Crippen LogP contribution in [0.15, 0.2) is 0 Å². The van der Waals surface area contributed by atoms with E-state index < -0.39 is 0 Å². The van der Waals surface area contributed by atoms with E-state index >= 15 is 0 Å².